The molecule has 0 saturated carbocycles. The van der Waals surface area contributed by atoms with Gasteiger partial charge in [-0.15, -0.1) is 0 Å². The van der Waals surface area contributed by atoms with Crippen LogP contribution in [0.15, 0.2) is 0 Å². The zero-order valence-electron chi connectivity index (χ0n) is 12.3. The van der Waals surface area contributed by atoms with Crippen LogP contribution in [-0.2, 0) is 15.5 Å². The molecule has 1 N–H and O–H groups in total. The quantitative estimate of drug-likeness (QED) is 0.775. The third-order valence-electron chi connectivity index (χ3n) is 3.43. The predicted octanol–water partition coefficient (Wildman–Crippen LogP) is 2.33. The minimum atomic E-state index is -0.777. The smallest absolute Gasteiger partial charge is 0.0691 e. The zero-order valence-corrected chi connectivity index (χ0v) is 13.1. The van der Waals surface area contributed by atoms with Crippen molar-refractivity contribution in [3.63, 3.8) is 0 Å². The van der Waals surface area contributed by atoms with Crippen molar-refractivity contribution in [3.8, 4) is 0 Å². The summed E-state index contributed by atoms with van der Waals surface area (Å²) in [4.78, 5) is 0. The number of nitrogens with one attached hydrogen (secondary N) is 1. The molecule has 0 bridgehead atoms. The van der Waals surface area contributed by atoms with Gasteiger partial charge in [0.15, 0.2) is 0 Å². The second-order valence-electron chi connectivity index (χ2n) is 6.28. The standard InChI is InChI=1S/C14H29NO2S/c1-5-8-15-13(14(2,3)4)11-18(16)10-12-7-6-9-17-12/h12-13,15H,5-11H2,1-4H3. The van der Waals surface area contributed by atoms with Gasteiger partial charge in [0.05, 0.1) is 6.10 Å². The highest BCUT2D eigenvalue weighted by molar-refractivity contribution is 7.85. The van der Waals surface area contributed by atoms with Crippen molar-refractivity contribution < 1.29 is 8.95 Å². The first-order chi connectivity index (χ1) is 8.43. The Morgan fingerprint density at radius 2 is 2.17 bits per heavy atom. The van der Waals surface area contributed by atoms with Gasteiger partial charge in [0, 0.05) is 35.0 Å². The lowest BCUT2D eigenvalue weighted by Gasteiger charge is -2.31. The summed E-state index contributed by atoms with van der Waals surface area (Å²) in [6.45, 7) is 10.6. The molecule has 1 rings (SSSR count). The van der Waals surface area contributed by atoms with E-state index in [9.17, 15) is 4.21 Å². The van der Waals surface area contributed by atoms with Crippen molar-refractivity contribution >= 4 is 10.8 Å². The summed E-state index contributed by atoms with van der Waals surface area (Å²) in [6.07, 6.45) is 3.55. The molecule has 3 unspecified atom stereocenters. The van der Waals surface area contributed by atoms with Crippen molar-refractivity contribution in [1.29, 1.82) is 0 Å². The highest BCUT2D eigenvalue weighted by Crippen LogP contribution is 2.21. The summed E-state index contributed by atoms with van der Waals surface area (Å²) in [5.41, 5.74) is 0.154. The van der Waals surface area contributed by atoms with Crippen LogP contribution in [0.3, 0.4) is 0 Å². The number of hydrogen-bond acceptors (Lipinski definition) is 3. The van der Waals surface area contributed by atoms with Crippen LogP contribution in [0.1, 0.15) is 47.0 Å². The second kappa shape index (κ2) is 7.61. The van der Waals surface area contributed by atoms with Crippen LogP contribution in [0.2, 0.25) is 0 Å². The summed E-state index contributed by atoms with van der Waals surface area (Å²) >= 11 is 0. The average molecular weight is 275 g/mol. The van der Waals surface area contributed by atoms with Gasteiger partial charge in [0.1, 0.15) is 0 Å². The van der Waals surface area contributed by atoms with Crippen LogP contribution >= 0.6 is 0 Å². The summed E-state index contributed by atoms with van der Waals surface area (Å²) in [6, 6.07) is 0.319. The Hall–Kier alpha value is 0.0700. The number of hydrogen-bond donors (Lipinski definition) is 1. The molecule has 1 heterocycles. The lowest BCUT2D eigenvalue weighted by atomic mass is 9.88. The molecule has 1 saturated heterocycles. The van der Waals surface area contributed by atoms with Crippen LogP contribution in [0.25, 0.3) is 0 Å². The van der Waals surface area contributed by atoms with Crippen molar-refractivity contribution in [2.24, 2.45) is 5.41 Å². The molecule has 3 atom stereocenters. The van der Waals surface area contributed by atoms with Crippen molar-refractivity contribution in [1.82, 2.24) is 5.32 Å². The normalized spacial score (nSPS) is 24.1. The Bertz CT molecular complexity index is 257. The molecular weight excluding hydrogens is 246 g/mol. The fourth-order valence-corrected chi connectivity index (χ4v) is 3.97. The lowest BCUT2D eigenvalue weighted by molar-refractivity contribution is 0.128. The summed E-state index contributed by atoms with van der Waals surface area (Å²) in [7, 11) is -0.777. The van der Waals surface area contributed by atoms with Crippen molar-refractivity contribution in [2.45, 2.75) is 59.1 Å². The van der Waals surface area contributed by atoms with E-state index in [1.165, 1.54) is 0 Å². The maximum atomic E-state index is 12.2. The van der Waals surface area contributed by atoms with Gasteiger partial charge in [-0.05, 0) is 31.2 Å². The Morgan fingerprint density at radius 1 is 1.44 bits per heavy atom. The molecule has 0 amide bonds. The largest absolute Gasteiger partial charge is 0.377 e. The first-order valence-corrected chi connectivity index (χ1v) is 8.62. The van der Waals surface area contributed by atoms with Crippen LogP contribution in [-0.4, -0.2) is 41.0 Å². The van der Waals surface area contributed by atoms with Gasteiger partial charge in [-0.25, -0.2) is 0 Å². The minimum Gasteiger partial charge on any atom is -0.377 e. The van der Waals surface area contributed by atoms with Crippen LogP contribution in [0, 0.1) is 5.41 Å². The Balaban J connectivity index is 2.40. The monoisotopic (exact) mass is 275 g/mol. The fraction of sp³-hybridized carbons (Fsp3) is 1.00. The Morgan fingerprint density at radius 3 is 2.67 bits per heavy atom. The molecule has 1 aliphatic rings. The highest BCUT2D eigenvalue weighted by Gasteiger charge is 2.27. The van der Waals surface area contributed by atoms with Crippen LogP contribution in [0.5, 0.6) is 0 Å². The third kappa shape index (κ3) is 5.81. The molecule has 0 radical (unpaired) electrons. The average Bonchev–Trinajstić information content (AvgIpc) is 2.75. The SMILES string of the molecule is CCCNC(CS(=O)CC1CCCO1)C(C)(C)C. The molecule has 0 aromatic rings. The van der Waals surface area contributed by atoms with E-state index >= 15 is 0 Å². The summed E-state index contributed by atoms with van der Waals surface area (Å²) in [5.74, 6) is 1.45. The molecule has 3 nitrogen and oxygen atoms in total. The Kier molecular flexibility index (Phi) is 6.82. The maximum Gasteiger partial charge on any atom is 0.0691 e. The van der Waals surface area contributed by atoms with Crippen LogP contribution < -0.4 is 5.32 Å². The molecule has 0 aromatic carbocycles. The topological polar surface area (TPSA) is 38.3 Å². The van der Waals surface area contributed by atoms with Crippen molar-refractivity contribution in [2.75, 3.05) is 24.7 Å². The van der Waals surface area contributed by atoms with E-state index in [0.29, 0.717) is 11.8 Å². The van der Waals surface area contributed by atoms with Gasteiger partial charge >= 0.3 is 0 Å². The molecular formula is C14H29NO2S. The molecule has 1 fully saturated rings. The van der Waals surface area contributed by atoms with E-state index in [1.807, 2.05) is 0 Å². The third-order valence-corrected chi connectivity index (χ3v) is 4.88. The minimum absolute atomic E-state index is 0.154. The molecule has 18 heavy (non-hydrogen) atoms. The molecule has 0 aromatic heterocycles. The van der Waals surface area contributed by atoms with Gasteiger partial charge < -0.3 is 10.1 Å². The van der Waals surface area contributed by atoms with Crippen LogP contribution in [0.4, 0.5) is 0 Å². The number of ether oxygens (including phenoxy) is 1. The van der Waals surface area contributed by atoms with Gasteiger partial charge in [-0.3, -0.25) is 4.21 Å². The van der Waals surface area contributed by atoms with E-state index < -0.39 is 10.8 Å². The van der Waals surface area contributed by atoms with Crippen molar-refractivity contribution in [3.05, 3.63) is 0 Å². The van der Waals surface area contributed by atoms with Gasteiger partial charge in [0.25, 0.3) is 0 Å². The summed E-state index contributed by atoms with van der Waals surface area (Å²) in [5, 5.41) is 3.53. The molecule has 108 valence electrons. The molecule has 4 heteroatoms. The second-order valence-corrected chi connectivity index (χ2v) is 7.83. The first-order valence-electron chi connectivity index (χ1n) is 7.13. The van der Waals surface area contributed by atoms with E-state index in [2.05, 4.69) is 33.0 Å². The number of rotatable bonds is 7. The predicted molar refractivity (Wildman–Crippen MR) is 78.4 cm³/mol. The summed E-state index contributed by atoms with van der Waals surface area (Å²) < 4.78 is 17.8. The first kappa shape index (κ1) is 16.1. The maximum absolute atomic E-state index is 12.2. The van der Waals surface area contributed by atoms with E-state index in [0.717, 1.165) is 38.2 Å². The molecule has 0 aliphatic carbocycles. The zero-order chi connectivity index (χ0) is 13.6. The molecule has 1 aliphatic heterocycles. The van der Waals surface area contributed by atoms with Gasteiger partial charge in [0.2, 0.25) is 0 Å². The lowest BCUT2D eigenvalue weighted by Crippen LogP contribution is -2.45. The van der Waals surface area contributed by atoms with E-state index in [-0.39, 0.29) is 11.5 Å². The van der Waals surface area contributed by atoms with Gasteiger partial charge in [-0.1, -0.05) is 27.7 Å². The Labute approximate surface area is 115 Å². The fourth-order valence-electron chi connectivity index (χ4n) is 2.17. The van der Waals surface area contributed by atoms with Gasteiger partial charge in [-0.2, -0.15) is 0 Å². The van der Waals surface area contributed by atoms with E-state index in [1.54, 1.807) is 0 Å². The van der Waals surface area contributed by atoms with E-state index in [4.69, 9.17) is 4.74 Å². The molecule has 0 spiro atoms. The highest BCUT2D eigenvalue weighted by atomic mass is 32.2.